The summed E-state index contributed by atoms with van der Waals surface area (Å²) in [5.74, 6) is 1.29. The summed E-state index contributed by atoms with van der Waals surface area (Å²) in [6.07, 6.45) is 2.24. The molecule has 1 aromatic heterocycles. The van der Waals surface area contributed by atoms with Crippen LogP contribution in [0.1, 0.15) is 53.0 Å². The van der Waals surface area contributed by atoms with Crippen molar-refractivity contribution in [1.82, 2.24) is 15.5 Å². The summed E-state index contributed by atoms with van der Waals surface area (Å²) >= 11 is 3.20. The van der Waals surface area contributed by atoms with E-state index < -0.39 is 11.7 Å². The summed E-state index contributed by atoms with van der Waals surface area (Å²) in [6, 6.07) is -0.337. The molecule has 0 saturated heterocycles. The molecule has 0 aromatic carbocycles. The Morgan fingerprint density at radius 2 is 2.05 bits per heavy atom. The number of ether oxygens (including phenoxy) is 1. The van der Waals surface area contributed by atoms with Crippen LogP contribution < -0.4 is 5.32 Å². The van der Waals surface area contributed by atoms with Crippen LogP contribution in [0.15, 0.2) is 9.64 Å². The molecule has 22 heavy (non-hydrogen) atoms. The number of hydrogen-bond acceptors (Lipinski definition) is 7. The van der Waals surface area contributed by atoms with E-state index in [0.717, 1.165) is 5.75 Å². The number of rotatable bonds is 7. The molecule has 0 radical (unpaired) electrons. The molecule has 0 aliphatic heterocycles. The van der Waals surface area contributed by atoms with Gasteiger partial charge in [0, 0.05) is 5.25 Å². The second-order valence-electron chi connectivity index (χ2n) is 6.05. The standard InChI is InChI=1S/C14H25N3O3S2/c1-9(2)22-13-17-16-11(19-13)10(7-8-21-6)15-12(18)20-14(3,4)5/h9-10H,7-8H2,1-6H3,(H,15,18)/t10-/m0/s1. The van der Waals surface area contributed by atoms with Gasteiger partial charge in [-0.2, -0.15) is 11.8 Å². The predicted molar refractivity (Wildman–Crippen MR) is 90.4 cm³/mol. The molecule has 0 unspecified atom stereocenters. The molecular weight excluding hydrogens is 322 g/mol. The number of amides is 1. The summed E-state index contributed by atoms with van der Waals surface area (Å²) in [7, 11) is 0. The molecule has 0 aliphatic rings. The van der Waals surface area contributed by atoms with Crippen LogP contribution in [0.5, 0.6) is 0 Å². The van der Waals surface area contributed by atoms with Gasteiger partial charge >= 0.3 is 6.09 Å². The minimum absolute atomic E-state index is 0.337. The molecular formula is C14H25N3O3S2. The Labute approximate surface area is 140 Å². The third-order valence-electron chi connectivity index (χ3n) is 2.36. The van der Waals surface area contributed by atoms with Gasteiger partial charge in [-0.25, -0.2) is 4.79 Å². The van der Waals surface area contributed by atoms with Gasteiger partial charge in [0.15, 0.2) is 0 Å². The fourth-order valence-corrected chi connectivity index (χ4v) is 2.65. The highest BCUT2D eigenvalue weighted by molar-refractivity contribution is 7.99. The number of alkyl carbamates (subject to hydrolysis) is 1. The van der Waals surface area contributed by atoms with Crippen molar-refractivity contribution in [2.24, 2.45) is 0 Å². The molecule has 1 N–H and O–H groups in total. The smallest absolute Gasteiger partial charge is 0.408 e. The normalized spacial score (nSPS) is 13.2. The van der Waals surface area contributed by atoms with E-state index >= 15 is 0 Å². The van der Waals surface area contributed by atoms with E-state index in [1.807, 2.05) is 27.0 Å². The van der Waals surface area contributed by atoms with Crippen molar-refractivity contribution >= 4 is 29.6 Å². The van der Waals surface area contributed by atoms with Crippen molar-refractivity contribution in [3.8, 4) is 0 Å². The quantitative estimate of drug-likeness (QED) is 0.750. The monoisotopic (exact) mass is 347 g/mol. The van der Waals surface area contributed by atoms with E-state index in [0.29, 0.717) is 22.8 Å². The van der Waals surface area contributed by atoms with Gasteiger partial charge in [-0.3, -0.25) is 0 Å². The molecule has 1 aromatic rings. The van der Waals surface area contributed by atoms with E-state index in [2.05, 4.69) is 29.4 Å². The highest BCUT2D eigenvalue weighted by atomic mass is 32.2. The Hall–Kier alpha value is -0.890. The molecule has 1 amide bonds. The van der Waals surface area contributed by atoms with Gasteiger partial charge in [-0.15, -0.1) is 10.2 Å². The van der Waals surface area contributed by atoms with E-state index in [1.54, 1.807) is 11.8 Å². The van der Waals surface area contributed by atoms with Gasteiger partial charge in [0.2, 0.25) is 5.89 Å². The Morgan fingerprint density at radius 3 is 2.59 bits per heavy atom. The Bertz CT molecular complexity index is 472. The van der Waals surface area contributed by atoms with Crippen LogP contribution in [-0.2, 0) is 4.74 Å². The lowest BCUT2D eigenvalue weighted by atomic mass is 10.2. The van der Waals surface area contributed by atoms with Crippen molar-refractivity contribution in [1.29, 1.82) is 0 Å². The number of nitrogens with zero attached hydrogens (tertiary/aromatic N) is 2. The SMILES string of the molecule is CSCC[C@H](NC(=O)OC(C)(C)C)c1nnc(SC(C)C)o1. The van der Waals surface area contributed by atoms with Gasteiger partial charge < -0.3 is 14.5 Å². The Balaban J connectivity index is 2.75. The average Bonchev–Trinajstić information content (AvgIpc) is 2.79. The van der Waals surface area contributed by atoms with Gasteiger partial charge in [0.05, 0.1) is 0 Å². The topological polar surface area (TPSA) is 77.2 Å². The molecule has 1 atom stereocenters. The summed E-state index contributed by atoms with van der Waals surface area (Å²) in [5, 5.41) is 11.8. The number of carbonyl (C=O) groups is 1. The number of carbonyl (C=O) groups excluding carboxylic acids is 1. The lowest BCUT2D eigenvalue weighted by Gasteiger charge is -2.22. The highest BCUT2D eigenvalue weighted by Gasteiger charge is 2.24. The zero-order valence-electron chi connectivity index (χ0n) is 14.0. The number of thioether (sulfide) groups is 2. The minimum atomic E-state index is -0.540. The van der Waals surface area contributed by atoms with Gasteiger partial charge in [0.25, 0.3) is 5.22 Å². The van der Waals surface area contributed by atoms with Crippen LogP contribution >= 0.6 is 23.5 Å². The lowest BCUT2D eigenvalue weighted by molar-refractivity contribution is 0.0493. The number of hydrogen-bond donors (Lipinski definition) is 1. The maximum absolute atomic E-state index is 12.0. The molecule has 126 valence electrons. The summed E-state index contributed by atoms with van der Waals surface area (Å²) in [6.45, 7) is 9.59. The zero-order chi connectivity index (χ0) is 16.8. The van der Waals surface area contributed by atoms with E-state index in [-0.39, 0.29) is 6.04 Å². The molecule has 1 rings (SSSR count). The lowest BCUT2D eigenvalue weighted by Crippen LogP contribution is -2.35. The highest BCUT2D eigenvalue weighted by Crippen LogP contribution is 2.25. The zero-order valence-corrected chi connectivity index (χ0v) is 15.6. The Morgan fingerprint density at radius 1 is 1.36 bits per heavy atom. The first-order chi connectivity index (χ1) is 10.2. The van der Waals surface area contributed by atoms with Crippen LogP contribution in [-0.4, -0.2) is 39.2 Å². The maximum atomic E-state index is 12.0. The number of nitrogens with one attached hydrogen (secondary N) is 1. The molecule has 8 heteroatoms. The van der Waals surface area contributed by atoms with Gasteiger partial charge in [0.1, 0.15) is 11.6 Å². The van der Waals surface area contributed by atoms with Crippen molar-refractivity contribution in [3.63, 3.8) is 0 Å². The predicted octanol–water partition coefficient (Wildman–Crippen LogP) is 3.89. The summed E-state index contributed by atoms with van der Waals surface area (Å²) in [5.41, 5.74) is -0.540. The largest absolute Gasteiger partial charge is 0.444 e. The van der Waals surface area contributed by atoms with Crippen molar-refractivity contribution in [2.75, 3.05) is 12.0 Å². The van der Waals surface area contributed by atoms with Gasteiger partial charge in [-0.1, -0.05) is 25.6 Å². The van der Waals surface area contributed by atoms with Crippen LogP contribution in [0.2, 0.25) is 0 Å². The summed E-state index contributed by atoms with van der Waals surface area (Å²) in [4.78, 5) is 12.0. The van der Waals surface area contributed by atoms with Crippen LogP contribution in [0.3, 0.4) is 0 Å². The van der Waals surface area contributed by atoms with Crippen LogP contribution in [0.4, 0.5) is 4.79 Å². The van der Waals surface area contributed by atoms with Crippen molar-refractivity contribution < 1.29 is 13.9 Å². The second kappa shape index (κ2) is 8.67. The third kappa shape index (κ3) is 7.40. The van der Waals surface area contributed by atoms with E-state index in [9.17, 15) is 4.79 Å². The molecule has 0 bridgehead atoms. The summed E-state index contributed by atoms with van der Waals surface area (Å²) < 4.78 is 10.9. The molecule has 6 nitrogen and oxygen atoms in total. The van der Waals surface area contributed by atoms with E-state index in [4.69, 9.17) is 9.15 Å². The molecule has 1 heterocycles. The maximum Gasteiger partial charge on any atom is 0.408 e. The molecule has 0 fully saturated rings. The average molecular weight is 348 g/mol. The molecule has 0 aliphatic carbocycles. The first kappa shape index (κ1) is 19.2. The van der Waals surface area contributed by atoms with Crippen molar-refractivity contribution in [3.05, 3.63) is 5.89 Å². The van der Waals surface area contributed by atoms with Gasteiger partial charge in [-0.05, 0) is 39.2 Å². The second-order valence-corrected chi connectivity index (χ2v) is 8.57. The molecule has 0 spiro atoms. The van der Waals surface area contributed by atoms with Crippen LogP contribution in [0.25, 0.3) is 0 Å². The fourth-order valence-electron chi connectivity index (χ4n) is 1.55. The first-order valence-corrected chi connectivity index (χ1v) is 9.47. The third-order valence-corrected chi connectivity index (χ3v) is 3.84. The number of aromatic nitrogens is 2. The molecule has 0 saturated carbocycles. The van der Waals surface area contributed by atoms with Crippen LogP contribution in [0, 0.1) is 0 Å². The van der Waals surface area contributed by atoms with E-state index in [1.165, 1.54) is 11.8 Å². The first-order valence-electron chi connectivity index (χ1n) is 7.19. The Kier molecular flexibility index (Phi) is 7.55. The fraction of sp³-hybridized carbons (Fsp3) is 0.786. The van der Waals surface area contributed by atoms with Crippen molar-refractivity contribution in [2.45, 2.75) is 63.2 Å². The minimum Gasteiger partial charge on any atom is -0.444 e.